The first-order chi connectivity index (χ1) is 16.4. The first-order valence-corrected chi connectivity index (χ1v) is 12.5. The Bertz CT molecular complexity index is 947. The average molecular weight is 471 g/mol. The number of likely N-dealkylation sites (tertiary alicyclic amines) is 1. The lowest BCUT2D eigenvalue weighted by Crippen LogP contribution is -2.56. The Morgan fingerprint density at radius 1 is 1.26 bits per heavy atom. The number of carbonyl (C=O) groups is 2. The molecule has 9 nitrogen and oxygen atoms in total. The summed E-state index contributed by atoms with van der Waals surface area (Å²) in [5.74, 6) is 0.251. The number of fused-ring (bicyclic) bond motifs is 3. The molecule has 3 atom stereocenters. The van der Waals surface area contributed by atoms with Crippen LogP contribution in [0.3, 0.4) is 0 Å². The third-order valence-electron chi connectivity index (χ3n) is 8.12. The van der Waals surface area contributed by atoms with E-state index in [1.807, 2.05) is 13.0 Å². The summed E-state index contributed by atoms with van der Waals surface area (Å²) in [6.07, 6.45) is 4.56. The smallest absolute Gasteiger partial charge is 0.526 e. The van der Waals surface area contributed by atoms with E-state index >= 15 is 0 Å². The minimum absolute atomic E-state index is 0.0179. The second-order valence-electron chi connectivity index (χ2n) is 10.3. The van der Waals surface area contributed by atoms with E-state index in [-0.39, 0.29) is 46.7 Å². The van der Waals surface area contributed by atoms with Gasteiger partial charge in [0.25, 0.3) is 0 Å². The van der Waals surface area contributed by atoms with Crippen LogP contribution in [0, 0.1) is 11.8 Å². The van der Waals surface area contributed by atoms with Crippen LogP contribution in [0.5, 0.6) is 11.5 Å². The van der Waals surface area contributed by atoms with Crippen molar-refractivity contribution in [2.75, 3.05) is 26.2 Å². The summed E-state index contributed by atoms with van der Waals surface area (Å²) >= 11 is 0. The molecule has 0 bridgehead atoms. The van der Waals surface area contributed by atoms with E-state index in [1.165, 1.54) is 0 Å². The van der Waals surface area contributed by atoms with Crippen molar-refractivity contribution in [1.29, 1.82) is 0 Å². The molecule has 0 aromatic heterocycles. The van der Waals surface area contributed by atoms with E-state index in [9.17, 15) is 19.7 Å². The molecule has 184 valence electrons. The number of hydrogen-bond acceptors (Lipinski definition) is 7. The molecule has 0 spiro atoms. The molecule has 1 amide bonds. The lowest BCUT2D eigenvalue weighted by molar-refractivity contribution is -0.141. The predicted octanol–water partition coefficient (Wildman–Crippen LogP) is 1.45. The zero-order valence-corrected chi connectivity index (χ0v) is 19.6. The predicted molar refractivity (Wildman–Crippen MR) is 126 cm³/mol. The normalized spacial score (nSPS) is 30.0. The van der Waals surface area contributed by atoms with Crippen LogP contribution < -0.4 is 20.4 Å². The quantitative estimate of drug-likeness (QED) is 0.419. The number of benzene rings is 1. The Kier molecular flexibility index (Phi) is 6.48. The molecule has 2 heterocycles. The van der Waals surface area contributed by atoms with Crippen LogP contribution in [0.15, 0.2) is 12.1 Å². The van der Waals surface area contributed by atoms with Gasteiger partial charge in [0.05, 0.1) is 13.1 Å². The fraction of sp³-hybridized carbons (Fsp3) is 0.667. The molecule has 1 aromatic rings. The van der Waals surface area contributed by atoms with Gasteiger partial charge in [-0.15, -0.1) is 0 Å². The molecule has 2 aliphatic carbocycles. The molecule has 4 aliphatic rings. The Balaban J connectivity index is 1.15. The number of carbonyl (C=O) groups excluding carboxylic acids is 1. The summed E-state index contributed by atoms with van der Waals surface area (Å²) in [5.41, 5.74) is 6.34. The summed E-state index contributed by atoms with van der Waals surface area (Å²) in [6.45, 7) is 4.42. The van der Waals surface area contributed by atoms with Crippen LogP contribution in [0.2, 0.25) is 5.82 Å². The van der Waals surface area contributed by atoms with E-state index in [2.05, 4.69) is 5.32 Å². The van der Waals surface area contributed by atoms with Crippen molar-refractivity contribution in [3.8, 4) is 11.5 Å². The van der Waals surface area contributed by atoms with E-state index in [4.69, 9.17) is 15.1 Å². The number of rotatable bonds is 8. The Hall–Kier alpha value is -2.30. The fourth-order valence-corrected chi connectivity index (χ4v) is 6.02. The topological polar surface area (TPSA) is 134 Å². The van der Waals surface area contributed by atoms with E-state index in [1.54, 1.807) is 11.0 Å². The van der Waals surface area contributed by atoms with Gasteiger partial charge >= 0.3 is 13.1 Å². The summed E-state index contributed by atoms with van der Waals surface area (Å²) < 4.78 is 11.6. The maximum Gasteiger partial charge on any atom is 0.526 e. The molecule has 3 unspecified atom stereocenters. The Morgan fingerprint density at radius 3 is 2.68 bits per heavy atom. The highest BCUT2D eigenvalue weighted by Gasteiger charge is 2.60. The number of ether oxygens (including phenoxy) is 1. The van der Waals surface area contributed by atoms with Gasteiger partial charge in [-0.2, -0.15) is 0 Å². The number of carboxylic acid groups (broad SMARTS) is 1. The van der Waals surface area contributed by atoms with Gasteiger partial charge in [0.1, 0.15) is 23.2 Å². The SMILES string of the molecule is CC1C2B(O)Oc3c(ccc(OC4CN(C(=O)CC5CCC(NCCN)CC5)C4)c3C(=O)O)C12. The molecule has 34 heavy (non-hydrogen) atoms. The van der Waals surface area contributed by atoms with Gasteiger partial charge in [0.15, 0.2) is 0 Å². The number of nitrogens with two attached hydrogens (primary N) is 1. The third-order valence-corrected chi connectivity index (χ3v) is 8.12. The molecule has 2 saturated carbocycles. The fourth-order valence-electron chi connectivity index (χ4n) is 6.02. The summed E-state index contributed by atoms with van der Waals surface area (Å²) in [4.78, 5) is 26.6. The molecule has 0 radical (unpaired) electrons. The van der Waals surface area contributed by atoms with Crippen LogP contribution >= 0.6 is 0 Å². The molecule has 1 saturated heterocycles. The second-order valence-corrected chi connectivity index (χ2v) is 10.3. The third kappa shape index (κ3) is 4.39. The maximum atomic E-state index is 12.7. The lowest BCUT2D eigenvalue weighted by atomic mass is 9.76. The van der Waals surface area contributed by atoms with Gasteiger partial charge in [-0.25, -0.2) is 4.79 Å². The number of nitrogens with zero attached hydrogens (tertiary/aromatic N) is 1. The molecule has 3 fully saturated rings. The second kappa shape index (κ2) is 9.39. The zero-order chi connectivity index (χ0) is 24.0. The van der Waals surface area contributed by atoms with Crippen molar-refractivity contribution < 1.29 is 29.1 Å². The van der Waals surface area contributed by atoms with E-state index in [0.29, 0.717) is 38.0 Å². The zero-order valence-electron chi connectivity index (χ0n) is 19.6. The van der Waals surface area contributed by atoms with Crippen molar-refractivity contribution in [3.63, 3.8) is 0 Å². The first-order valence-electron chi connectivity index (χ1n) is 12.5. The minimum atomic E-state index is -1.14. The van der Waals surface area contributed by atoms with Gasteiger partial charge in [0.2, 0.25) is 5.91 Å². The molecular weight excluding hydrogens is 437 g/mol. The summed E-state index contributed by atoms with van der Waals surface area (Å²) in [7, 11) is -0.996. The lowest BCUT2D eigenvalue weighted by Gasteiger charge is -2.40. The van der Waals surface area contributed by atoms with Crippen molar-refractivity contribution in [2.45, 2.75) is 62.9 Å². The van der Waals surface area contributed by atoms with E-state index in [0.717, 1.165) is 37.8 Å². The highest BCUT2D eigenvalue weighted by Crippen LogP contribution is 2.65. The number of aromatic carboxylic acids is 1. The van der Waals surface area contributed by atoms with Gasteiger partial charge < -0.3 is 35.5 Å². The van der Waals surface area contributed by atoms with Crippen LogP contribution in [0.4, 0.5) is 0 Å². The van der Waals surface area contributed by atoms with Crippen LogP contribution in [0.1, 0.15) is 60.9 Å². The van der Waals surface area contributed by atoms with Crippen molar-refractivity contribution in [1.82, 2.24) is 10.2 Å². The first kappa shape index (κ1) is 23.4. The number of amides is 1. The summed E-state index contributed by atoms with van der Waals surface area (Å²) in [6, 6.07) is 4.05. The molecule has 5 rings (SSSR count). The van der Waals surface area contributed by atoms with Gasteiger partial charge in [-0.3, -0.25) is 4.79 Å². The van der Waals surface area contributed by atoms with Crippen molar-refractivity contribution >= 4 is 19.0 Å². The molecular formula is C24H34BN3O6. The van der Waals surface area contributed by atoms with Crippen LogP contribution in [0.25, 0.3) is 0 Å². The Labute approximate surface area is 200 Å². The van der Waals surface area contributed by atoms with Gasteiger partial charge in [0, 0.05) is 31.4 Å². The van der Waals surface area contributed by atoms with Crippen molar-refractivity contribution in [3.05, 3.63) is 23.3 Å². The molecule has 2 aliphatic heterocycles. The standard InChI is InChI=1S/C24H34BN3O6/c1-13-20-17-6-7-18(21(24(30)31)23(17)34-25(32)22(13)20)33-16-11-28(12-16)19(29)10-14-2-4-15(5-3-14)27-9-8-26/h6-7,13-16,20,22,27,32H,2-5,8-12,26H2,1H3,(H,30,31). The van der Waals surface area contributed by atoms with Crippen molar-refractivity contribution in [2.24, 2.45) is 17.6 Å². The monoisotopic (exact) mass is 471 g/mol. The number of carboxylic acids is 1. The average Bonchev–Trinajstić information content (AvgIpc) is 3.46. The largest absolute Gasteiger partial charge is 0.535 e. The highest BCUT2D eigenvalue weighted by atomic mass is 16.5. The minimum Gasteiger partial charge on any atom is -0.535 e. The maximum absolute atomic E-state index is 12.7. The highest BCUT2D eigenvalue weighted by molar-refractivity contribution is 6.48. The molecule has 5 N–H and O–H groups in total. The van der Waals surface area contributed by atoms with E-state index < -0.39 is 13.1 Å². The molecule has 1 aromatic carbocycles. The Morgan fingerprint density at radius 2 is 2.00 bits per heavy atom. The number of hydrogen-bond donors (Lipinski definition) is 4. The van der Waals surface area contributed by atoms with Crippen LogP contribution in [-0.4, -0.2) is 72.4 Å². The van der Waals surface area contributed by atoms with Gasteiger partial charge in [-0.05, 0) is 55.1 Å². The molecule has 10 heteroatoms. The van der Waals surface area contributed by atoms with Gasteiger partial charge in [-0.1, -0.05) is 13.0 Å². The van der Waals surface area contributed by atoms with Crippen LogP contribution in [-0.2, 0) is 4.79 Å². The number of nitrogens with one attached hydrogen (secondary N) is 1. The summed E-state index contributed by atoms with van der Waals surface area (Å²) in [5, 5.41) is 23.6.